The molecule has 3 heterocycles. The molecule has 0 unspecified atom stereocenters. The molecule has 11 heteroatoms. The summed E-state index contributed by atoms with van der Waals surface area (Å²) in [7, 11) is 0. The van der Waals surface area contributed by atoms with Crippen LogP contribution in [0, 0.1) is 5.82 Å². The largest absolute Gasteiger partial charge is 0.436 e. The van der Waals surface area contributed by atoms with Gasteiger partial charge in [0.25, 0.3) is 0 Å². The van der Waals surface area contributed by atoms with Crippen molar-refractivity contribution in [3.05, 3.63) is 65.3 Å². The highest BCUT2D eigenvalue weighted by atomic mass is 35.5. The minimum Gasteiger partial charge on any atom is -0.409 e. The highest BCUT2D eigenvalue weighted by Crippen LogP contribution is 2.29. The summed E-state index contributed by atoms with van der Waals surface area (Å²) in [5.41, 5.74) is 3.33. The van der Waals surface area contributed by atoms with Gasteiger partial charge in [0.15, 0.2) is 17.5 Å². The SMILES string of the molecule is C[C@H](Nc1nc(-c2c[nH]c3ncc(Cl)cc23)ncc1F)c1cccc(OC(=O)NO)c1. The summed E-state index contributed by atoms with van der Waals surface area (Å²) in [4.78, 5) is 26.8. The van der Waals surface area contributed by atoms with Crippen molar-refractivity contribution in [2.24, 2.45) is 0 Å². The Kier molecular flexibility index (Phi) is 5.65. The third-order valence-electron chi connectivity index (χ3n) is 4.50. The quantitative estimate of drug-likeness (QED) is 0.265. The van der Waals surface area contributed by atoms with Crippen molar-refractivity contribution in [2.45, 2.75) is 13.0 Å². The van der Waals surface area contributed by atoms with Crippen LogP contribution in [-0.4, -0.2) is 31.2 Å². The molecule has 0 spiro atoms. The first kappa shape index (κ1) is 20.5. The van der Waals surface area contributed by atoms with Crippen molar-refractivity contribution < 1.29 is 19.1 Å². The number of pyridine rings is 1. The Labute approximate surface area is 180 Å². The summed E-state index contributed by atoms with van der Waals surface area (Å²) in [5, 5.41) is 12.7. The zero-order valence-corrected chi connectivity index (χ0v) is 16.8. The molecule has 4 N–H and O–H groups in total. The fourth-order valence-electron chi connectivity index (χ4n) is 3.03. The van der Waals surface area contributed by atoms with Crippen LogP contribution >= 0.6 is 11.6 Å². The molecule has 0 saturated carbocycles. The van der Waals surface area contributed by atoms with Crippen LogP contribution in [0.2, 0.25) is 5.02 Å². The Balaban J connectivity index is 1.61. The minimum absolute atomic E-state index is 0.00117. The molecule has 1 amide bonds. The van der Waals surface area contributed by atoms with Crippen LogP contribution < -0.4 is 15.5 Å². The first-order valence-corrected chi connectivity index (χ1v) is 9.46. The smallest absolute Gasteiger partial charge is 0.409 e. The average molecular weight is 443 g/mol. The van der Waals surface area contributed by atoms with E-state index in [1.165, 1.54) is 11.7 Å². The third-order valence-corrected chi connectivity index (χ3v) is 4.70. The lowest BCUT2D eigenvalue weighted by Gasteiger charge is -2.16. The molecular formula is C20H16ClFN6O3. The van der Waals surface area contributed by atoms with Gasteiger partial charge in [-0.05, 0) is 30.7 Å². The number of hydrogen-bond donors (Lipinski definition) is 4. The summed E-state index contributed by atoms with van der Waals surface area (Å²) in [6, 6.07) is 7.90. The van der Waals surface area contributed by atoms with Crippen molar-refractivity contribution >= 4 is 34.5 Å². The molecule has 0 aliphatic rings. The van der Waals surface area contributed by atoms with Gasteiger partial charge in [-0.2, -0.15) is 0 Å². The summed E-state index contributed by atoms with van der Waals surface area (Å²) in [6.45, 7) is 1.79. The summed E-state index contributed by atoms with van der Waals surface area (Å²) < 4.78 is 19.3. The zero-order chi connectivity index (χ0) is 22.0. The summed E-state index contributed by atoms with van der Waals surface area (Å²) in [6.07, 6.45) is 3.27. The number of amides is 1. The molecular weight excluding hydrogens is 427 g/mol. The van der Waals surface area contributed by atoms with E-state index >= 15 is 0 Å². The number of nitrogens with one attached hydrogen (secondary N) is 3. The van der Waals surface area contributed by atoms with Crippen LogP contribution in [0.15, 0.2) is 48.9 Å². The van der Waals surface area contributed by atoms with Gasteiger partial charge in [-0.3, -0.25) is 5.21 Å². The van der Waals surface area contributed by atoms with Crippen LogP contribution in [0.1, 0.15) is 18.5 Å². The minimum atomic E-state index is -1.02. The molecule has 0 aliphatic carbocycles. The van der Waals surface area contributed by atoms with Crippen LogP contribution in [0.5, 0.6) is 5.75 Å². The summed E-state index contributed by atoms with van der Waals surface area (Å²) in [5.74, 6) is -0.118. The van der Waals surface area contributed by atoms with E-state index in [2.05, 4.69) is 25.3 Å². The van der Waals surface area contributed by atoms with Crippen molar-refractivity contribution in [3.8, 4) is 17.1 Å². The first-order valence-electron chi connectivity index (χ1n) is 9.08. The van der Waals surface area contributed by atoms with Gasteiger partial charge in [0.1, 0.15) is 11.4 Å². The van der Waals surface area contributed by atoms with Crippen molar-refractivity contribution in [2.75, 3.05) is 5.32 Å². The maximum absolute atomic E-state index is 14.4. The lowest BCUT2D eigenvalue weighted by Crippen LogP contribution is -2.22. The van der Waals surface area contributed by atoms with Crippen LogP contribution in [0.25, 0.3) is 22.4 Å². The first-order chi connectivity index (χ1) is 14.9. The Bertz CT molecular complexity index is 1260. The number of hydrogen-bond acceptors (Lipinski definition) is 7. The van der Waals surface area contributed by atoms with Gasteiger partial charge >= 0.3 is 6.09 Å². The fourth-order valence-corrected chi connectivity index (χ4v) is 3.18. The van der Waals surface area contributed by atoms with E-state index in [4.69, 9.17) is 21.5 Å². The van der Waals surface area contributed by atoms with E-state index in [-0.39, 0.29) is 11.6 Å². The molecule has 31 heavy (non-hydrogen) atoms. The van der Waals surface area contributed by atoms with E-state index in [1.54, 1.807) is 43.5 Å². The average Bonchev–Trinajstić information content (AvgIpc) is 3.18. The number of H-pyrrole nitrogens is 1. The molecule has 0 radical (unpaired) electrons. The lowest BCUT2D eigenvalue weighted by molar-refractivity contribution is 0.127. The molecule has 1 atom stereocenters. The maximum Gasteiger partial charge on any atom is 0.436 e. The Morgan fingerprint density at radius 3 is 2.94 bits per heavy atom. The second kappa shape index (κ2) is 8.54. The van der Waals surface area contributed by atoms with E-state index in [9.17, 15) is 9.18 Å². The molecule has 158 valence electrons. The van der Waals surface area contributed by atoms with E-state index in [0.29, 0.717) is 33.0 Å². The number of nitrogens with zero attached hydrogens (tertiary/aromatic N) is 3. The Morgan fingerprint density at radius 1 is 1.29 bits per heavy atom. The maximum atomic E-state index is 14.4. The molecule has 1 aromatic carbocycles. The number of anilines is 1. The standard InChI is InChI=1S/C20H16ClFN6O3/c1-10(11-3-2-4-13(5-11)31-20(29)28-30)26-19-16(22)9-25-18(27-19)15-8-24-17-14(15)6-12(21)7-23-17/h2-10,30H,1H3,(H,23,24)(H,28,29)(H,25,26,27)/t10-/m0/s1. The number of carbonyl (C=O) groups is 1. The Hall–Kier alpha value is -3.76. The number of fused-ring (bicyclic) bond motifs is 1. The third kappa shape index (κ3) is 4.39. The molecule has 9 nitrogen and oxygen atoms in total. The molecule has 3 aromatic heterocycles. The Morgan fingerprint density at radius 2 is 2.13 bits per heavy atom. The van der Waals surface area contributed by atoms with Gasteiger partial charge in [-0.1, -0.05) is 23.7 Å². The molecule has 4 aromatic rings. The number of aromatic nitrogens is 4. The fraction of sp³-hybridized carbons (Fsp3) is 0.100. The second-order valence-electron chi connectivity index (χ2n) is 6.58. The predicted octanol–water partition coefficient (Wildman–Crippen LogP) is 4.46. The van der Waals surface area contributed by atoms with Crippen LogP contribution in [0.3, 0.4) is 0 Å². The number of carbonyl (C=O) groups excluding carboxylic acids is 1. The second-order valence-corrected chi connectivity index (χ2v) is 7.02. The van der Waals surface area contributed by atoms with Crippen molar-refractivity contribution in [1.82, 2.24) is 25.4 Å². The van der Waals surface area contributed by atoms with Gasteiger partial charge in [0.2, 0.25) is 0 Å². The van der Waals surface area contributed by atoms with Gasteiger partial charge in [-0.15, -0.1) is 0 Å². The number of aromatic amines is 1. The van der Waals surface area contributed by atoms with E-state index < -0.39 is 18.0 Å². The lowest BCUT2D eigenvalue weighted by atomic mass is 10.1. The topological polar surface area (TPSA) is 125 Å². The highest BCUT2D eigenvalue weighted by Gasteiger charge is 2.16. The highest BCUT2D eigenvalue weighted by molar-refractivity contribution is 6.31. The van der Waals surface area contributed by atoms with Gasteiger partial charge in [-0.25, -0.2) is 29.6 Å². The van der Waals surface area contributed by atoms with Gasteiger partial charge in [0.05, 0.1) is 17.3 Å². The van der Waals surface area contributed by atoms with Gasteiger partial charge in [0, 0.05) is 23.3 Å². The van der Waals surface area contributed by atoms with Crippen molar-refractivity contribution in [1.29, 1.82) is 0 Å². The zero-order valence-electron chi connectivity index (χ0n) is 16.1. The van der Waals surface area contributed by atoms with Crippen LogP contribution in [-0.2, 0) is 0 Å². The number of ether oxygens (including phenoxy) is 1. The molecule has 0 aliphatic heterocycles. The number of halogens is 2. The number of rotatable bonds is 5. The van der Waals surface area contributed by atoms with Crippen LogP contribution in [0.4, 0.5) is 15.0 Å². The van der Waals surface area contributed by atoms with Gasteiger partial charge < -0.3 is 15.0 Å². The number of hydroxylamine groups is 1. The van der Waals surface area contributed by atoms with Crippen molar-refractivity contribution in [3.63, 3.8) is 0 Å². The van der Waals surface area contributed by atoms with E-state index in [1.807, 2.05) is 0 Å². The number of benzene rings is 1. The molecule has 0 bridgehead atoms. The summed E-state index contributed by atoms with van der Waals surface area (Å²) >= 11 is 6.04. The van der Waals surface area contributed by atoms with E-state index in [0.717, 1.165) is 6.20 Å². The normalized spacial score (nSPS) is 11.9. The molecule has 0 saturated heterocycles. The monoisotopic (exact) mass is 442 g/mol. The predicted molar refractivity (Wildman–Crippen MR) is 112 cm³/mol. The molecule has 4 rings (SSSR count). The molecule has 0 fully saturated rings.